The SMILES string of the molecule is CC(NCC1(c2cccc(-c3cn(C)nn3)c2)CCOCC1)C(=O)Nc1ccc(S(N)(=O)=O)cc1. The summed E-state index contributed by atoms with van der Waals surface area (Å²) in [7, 11) is -1.94. The Balaban J connectivity index is 1.46. The van der Waals surface area contributed by atoms with Crippen molar-refractivity contribution in [1.82, 2.24) is 20.3 Å². The van der Waals surface area contributed by atoms with Crippen molar-refractivity contribution < 1.29 is 17.9 Å². The summed E-state index contributed by atoms with van der Waals surface area (Å²) in [6.45, 7) is 3.69. The highest BCUT2D eigenvalue weighted by Crippen LogP contribution is 2.36. The molecule has 0 spiro atoms. The number of benzene rings is 2. The van der Waals surface area contributed by atoms with Crippen LogP contribution < -0.4 is 15.8 Å². The Morgan fingerprint density at radius 1 is 1.20 bits per heavy atom. The van der Waals surface area contributed by atoms with Crippen LogP contribution >= 0.6 is 0 Å². The first-order chi connectivity index (χ1) is 16.7. The lowest BCUT2D eigenvalue weighted by Crippen LogP contribution is -2.48. The molecule has 0 bridgehead atoms. The molecule has 2 heterocycles. The van der Waals surface area contributed by atoms with Gasteiger partial charge in [0.05, 0.1) is 17.1 Å². The number of amides is 1. The van der Waals surface area contributed by atoms with E-state index in [0.29, 0.717) is 25.4 Å². The fourth-order valence-corrected chi connectivity index (χ4v) is 4.75. The first-order valence-electron chi connectivity index (χ1n) is 11.4. The van der Waals surface area contributed by atoms with Crippen molar-refractivity contribution in [2.45, 2.75) is 36.1 Å². The molecular formula is C24H30N6O4S. The Bertz CT molecular complexity index is 1280. The molecule has 1 fully saturated rings. The van der Waals surface area contributed by atoms with E-state index in [4.69, 9.17) is 9.88 Å². The maximum absolute atomic E-state index is 12.8. The maximum Gasteiger partial charge on any atom is 0.241 e. The summed E-state index contributed by atoms with van der Waals surface area (Å²) >= 11 is 0. The van der Waals surface area contributed by atoms with Crippen molar-refractivity contribution in [3.05, 3.63) is 60.3 Å². The van der Waals surface area contributed by atoms with Crippen molar-refractivity contribution in [3.8, 4) is 11.3 Å². The maximum atomic E-state index is 12.8. The number of anilines is 1. The van der Waals surface area contributed by atoms with E-state index in [9.17, 15) is 13.2 Å². The Hall–Kier alpha value is -3.12. The molecule has 1 unspecified atom stereocenters. The van der Waals surface area contributed by atoms with Gasteiger partial charge < -0.3 is 15.4 Å². The molecule has 3 aromatic rings. The predicted octanol–water partition coefficient (Wildman–Crippen LogP) is 1.79. The molecule has 1 atom stereocenters. The number of hydrogen-bond donors (Lipinski definition) is 3. The third-order valence-electron chi connectivity index (χ3n) is 6.41. The molecule has 1 saturated heterocycles. The second kappa shape index (κ2) is 10.2. The number of ether oxygens (including phenoxy) is 1. The van der Waals surface area contributed by atoms with Crippen LogP contribution in [0.4, 0.5) is 5.69 Å². The average Bonchev–Trinajstić information content (AvgIpc) is 3.29. The van der Waals surface area contributed by atoms with E-state index in [-0.39, 0.29) is 16.2 Å². The smallest absolute Gasteiger partial charge is 0.241 e. The highest BCUT2D eigenvalue weighted by molar-refractivity contribution is 7.89. The third kappa shape index (κ3) is 5.93. The first kappa shape index (κ1) is 25.0. The molecule has 1 aliphatic rings. The molecule has 11 heteroatoms. The summed E-state index contributed by atoms with van der Waals surface area (Å²) in [5, 5.41) is 19.6. The predicted molar refractivity (Wildman–Crippen MR) is 132 cm³/mol. The second-order valence-corrected chi connectivity index (χ2v) is 10.5. The topological polar surface area (TPSA) is 141 Å². The standard InChI is InChI=1S/C24H30N6O4S/c1-17(23(31)27-20-6-8-21(9-7-20)35(25,32)33)26-16-24(10-12-34-13-11-24)19-5-3-4-18(14-19)22-15-30(2)29-28-22/h3-9,14-15,17,26H,10-13,16H2,1-2H3,(H,27,31)(H2,25,32,33). The largest absolute Gasteiger partial charge is 0.381 e. The minimum absolute atomic E-state index is 0.00755. The molecular weight excluding hydrogens is 468 g/mol. The van der Waals surface area contributed by atoms with Crippen LogP contribution in [0.1, 0.15) is 25.3 Å². The molecule has 4 rings (SSSR count). The van der Waals surface area contributed by atoms with Gasteiger partial charge in [0.25, 0.3) is 0 Å². The number of rotatable bonds is 8. The average molecular weight is 499 g/mol. The van der Waals surface area contributed by atoms with Gasteiger partial charge in [0.2, 0.25) is 15.9 Å². The van der Waals surface area contributed by atoms with Crippen LogP contribution in [0.3, 0.4) is 0 Å². The van der Waals surface area contributed by atoms with E-state index in [1.54, 1.807) is 11.6 Å². The molecule has 35 heavy (non-hydrogen) atoms. The lowest BCUT2D eigenvalue weighted by atomic mass is 9.73. The van der Waals surface area contributed by atoms with E-state index in [2.05, 4.69) is 33.1 Å². The lowest BCUT2D eigenvalue weighted by Gasteiger charge is -2.39. The van der Waals surface area contributed by atoms with E-state index < -0.39 is 16.1 Å². The molecule has 0 radical (unpaired) electrons. The van der Waals surface area contributed by atoms with Gasteiger partial charge in [-0.05, 0) is 55.7 Å². The third-order valence-corrected chi connectivity index (χ3v) is 7.34. The van der Waals surface area contributed by atoms with Crippen LogP contribution in [0.2, 0.25) is 0 Å². The van der Waals surface area contributed by atoms with Gasteiger partial charge in [0.1, 0.15) is 5.69 Å². The van der Waals surface area contributed by atoms with E-state index in [0.717, 1.165) is 24.1 Å². The normalized spacial score (nSPS) is 16.5. The minimum Gasteiger partial charge on any atom is -0.381 e. The highest BCUT2D eigenvalue weighted by atomic mass is 32.2. The van der Waals surface area contributed by atoms with Gasteiger partial charge >= 0.3 is 0 Å². The van der Waals surface area contributed by atoms with Gasteiger partial charge in [-0.3, -0.25) is 9.48 Å². The number of nitrogens with two attached hydrogens (primary N) is 1. The number of sulfonamides is 1. The van der Waals surface area contributed by atoms with Crippen molar-refractivity contribution in [2.75, 3.05) is 25.1 Å². The number of carbonyl (C=O) groups excluding carboxylic acids is 1. The van der Waals surface area contributed by atoms with E-state index in [1.807, 2.05) is 25.4 Å². The molecule has 186 valence electrons. The second-order valence-electron chi connectivity index (χ2n) is 8.91. The summed E-state index contributed by atoms with van der Waals surface area (Å²) in [5.74, 6) is -0.219. The van der Waals surface area contributed by atoms with E-state index >= 15 is 0 Å². The molecule has 0 saturated carbocycles. The van der Waals surface area contributed by atoms with E-state index in [1.165, 1.54) is 29.8 Å². The molecule has 1 amide bonds. The zero-order chi connectivity index (χ0) is 25.1. The number of primary sulfonamides is 1. The summed E-state index contributed by atoms with van der Waals surface area (Å²) in [5.41, 5.74) is 3.28. The molecule has 2 aromatic carbocycles. The van der Waals surface area contributed by atoms with Gasteiger partial charge in [0.15, 0.2) is 0 Å². The number of carbonyl (C=O) groups is 1. The van der Waals surface area contributed by atoms with Crippen molar-refractivity contribution in [1.29, 1.82) is 0 Å². The van der Waals surface area contributed by atoms with Gasteiger partial charge in [-0.15, -0.1) is 5.10 Å². The van der Waals surface area contributed by atoms with Crippen molar-refractivity contribution in [3.63, 3.8) is 0 Å². The quantitative estimate of drug-likeness (QED) is 0.430. The van der Waals surface area contributed by atoms with Gasteiger partial charge in [0, 0.05) is 43.5 Å². The fourth-order valence-electron chi connectivity index (χ4n) is 4.24. The summed E-state index contributed by atoms with van der Waals surface area (Å²) in [4.78, 5) is 12.8. The Morgan fingerprint density at radius 3 is 2.54 bits per heavy atom. The lowest BCUT2D eigenvalue weighted by molar-refractivity contribution is -0.117. The van der Waals surface area contributed by atoms with Gasteiger partial charge in [-0.1, -0.05) is 23.4 Å². The number of nitrogens with one attached hydrogen (secondary N) is 2. The number of aromatic nitrogens is 3. The zero-order valence-corrected chi connectivity index (χ0v) is 20.6. The summed E-state index contributed by atoms with van der Waals surface area (Å²) in [6, 6.07) is 13.6. The van der Waals surface area contributed by atoms with Gasteiger partial charge in [-0.25, -0.2) is 13.6 Å². The van der Waals surface area contributed by atoms with Crippen LogP contribution in [0.15, 0.2) is 59.6 Å². The number of aryl methyl sites for hydroxylation is 1. The Kier molecular flexibility index (Phi) is 7.31. The highest BCUT2D eigenvalue weighted by Gasteiger charge is 2.35. The zero-order valence-electron chi connectivity index (χ0n) is 19.8. The van der Waals surface area contributed by atoms with Gasteiger partial charge in [-0.2, -0.15) is 0 Å². The minimum atomic E-state index is -3.78. The number of hydrogen-bond acceptors (Lipinski definition) is 7. The van der Waals surface area contributed by atoms with Crippen LogP contribution in [0, 0.1) is 0 Å². The molecule has 10 nitrogen and oxygen atoms in total. The van der Waals surface area contributed by atoms with Crippen LogP contribution in [0.5, 0.6) is 0 Å². The summed E-state index contributed by atoms with van der Waals surface area (Å²) < 4.78 is 30.2. The van der Waals surface area contributed by atoms with Crippen molar-refractivity contribution in [2.24, 2.45) is 12.2 Å². The fraction of sp³-hybridized carbons (Fsp3) is 0.375. The molecule has 1 aliphatic heterocycles. The van der Waals surface area contributed by atoms with Crippen molar-refractivity contribution >= 4 is 21.6 Å². The van der Waals surface area contributed by atoms with Crippen LogP contribution in [-0.4, -0.2) is 55.1 Å². The summed E-state index contributed by atoms with van der Waals surface area (Å²) in [6.07, 6.45) is 3.54. The molecule has 1 aromatic heterocycles. The Morgan fingerprint density at radius 2 is 1.91 bits per heavy atom. The van der Waals surface area contributed by atoms with Crippen LogP contribution in [0.25, 0.3) is 11.3 Å². The van der Waals surface area contributed by atoms with Crippen LogP contribution in [-0.2, 0) is 32.0 Å². The number of nitrogens with zero attached hydrogens (tertiary/aromatic N) is 3. The monoisotopic (exact) mass is 498 g/mol. The first-order valence-corrected chi connectivity index (χ1v) is 12.9. The Labute approximate surface area is 204 Å². The molecule has 0 aliphatic carbocycles. The molecule has 4 N–H and O–H groups in total.